The number of nitro groups is 1. The second-order valence-electron chi connectivity index (χ2n) is 4.89. The molecule has 0 aliphatic rings. The van der Waals surface area contributed by atoms with Crippen LogP contribution in [0.5, 0.6) is 5.75 Å². The number of aromatic hydroxyl groups is 1. The maximum absolute atomic E-state index is 11.2. The number of benzene rings is 4. The summed E-state index contributed by atoms with van der Waals surface area (Å²) in [5.41, 5.74) is 0.111. The molecule has 4 aromatic rings. The molecule has 4 rings (SSSR count). The quantitative estimate of drug-likeness (QED) is 0.318. The monoisotopic (exact) mass is 263 g/mol. The van der Waals surface area contributed by atoms with Gasteiger partial charge in [-0.3, -0.25) is 10.1 Å². The van der Waals surface area contributed by atoms with E-state index in [9.17, 15) is 15.2 Å². The number of rotatable bonds is 1. The highest BCUT2D eigenvalue weighted by Gasteiger charge is 2.16. The molecular formula is C16H9NO3. The van der Waals surface area contributed by atoms with Crippen LogP contribution in [-0.2, 0) is 0 Å². The number of phenols is 1. The molecule has 0 amide bonds. The van der Waals surface area contributed by atoms with Crippen LogP contribution in [0, 0.1) is 10.1 Å². The number of hydrogen-bond donors (Lipinski definition) is 1. The standard InChI is InChI=1S/C16H9NO3/c18-12-7-10-2-1-9-4-6-14(17(19)20)13-5-3-11(8-12)15(10)16(9)13/h1-8,18H. The molecule has 0 saturated carbocycles. The van der Waals surface area contributed by atoms with Gasteiger partial charge in [0.15, 0.2) is 0 Å². The summed E-state index contributed by atoms with van der Waals surface area (Å²) in [4.78, 5) is 10.8. The third-order valence-corrected chi connectivity index (χ3v) is 3.76. The molecular weight excluding hydrogens is 254 g/mol. The van der Waals surface area contributed by atoms with Gasteiger partial charge in [0.2, 0.25) is 0 Å². The van der Waals surface area contributed by atoms with Crippen molar-refractivity contribution in [2.45, 2.75) is 0 Å². The van der Waals surface area contributed by atoms with E-state index < -0.39 is 0 Å². The first kappa shape index (κ1) is 11.0. The van der Waals surface area contributed by atoms with E-state index in [2.05, 4.69) is 0 Å². The molecule has 0 unspecified atom stereocenters. The molecule has 0 aromatic heterocycles. The molecule has 4 aromatic carbocycles. The lowest BCUT2D eigenvalue weighted by Crippen LogP contribution is -1.91. The number of nitrogens with zero attached hydrogens (tertiary/aromatic N) is 1. The zero-order valence-electron chi connectivity index (χ0n) is 10.3. The van der Waals surface area contributed by atoms with E-state index in [1.165, 1.54) is 0 Å². The molecule has 0 aliphatic carbocycles. The number of hydrogen-bond acceptors (Lipinski definition) is 3. The minimum Gasteiger partial charge on any atom is -0.508 e. The van der Waals surface area contributed by atoms with Crippen LogP contribution in [0.1, 0.15) is 0 Å². The van der Waals surface area contributed by atoms with Gasteiger partial charge in [-0.05, 0) is 45.8 Å². The zero-order valence-corrected chi connectivity index (χ0v) is 10.3. The predicted molar refractivity (Wildman–Crippen MR) is 78.5 cm³/mol. The molecule has 0 heterocycles. The molecule has 0 spiro atoms. The van der Waals surface area contributed by atoms with E-state index in [0.717, 1.165) is 26.9 Å². The average molecular weight is 263 g/mol. The highest BCUT2D eigenvalue weighted by Crippen LogP contribution is 2.39. The molecule has 96 valence electrons. The summed E-state index contributed by atoms with van der Waals surface area (Å²) in [6, 6.07) is 14.1. The van der Waals surface area contributed by atoms with Gasteiger partial charge < -0.3 is 5.11 Å². The predicted octanol–water partition coefficient (Wildman–Crippen LogP) is 4.20. The molecule has 0 aliphatic heterocycles. The minimum absolute atomic E-state index is 0.111. The Morgan fingerprint density at radius 3 is 2.15 bits per heavy atom. The summed E-state index contributed by atoms with van der Waals surface area (Å²) in [5, 5.41) is 26.1. The first-order valence-electron chi connectivity index (χ1n) is 6.20. The maximum Gasteiger partial charge on any atom is 0.277 e. The van der Waals surface area contributed by atoms with Crippen molar-refractivity contribution in [3.63, 3.8) is 0 Å². The Kier molecular flexibility index (Phi) is 1.96. The first-order valence-corrected chi connectivity index (χ1v) is 6.20. The second-order valence-corrected chi connectivity index (χ2v) is 4.89. The van der Waals surface area contributed by atoms with E-state index in [0.29, 0.717) is 5.39 Å². The van der Waals surface area contributed by atoms with Crippen LogP contribution in [0.15, 0.2) is 48.5 Å². The molecule has 0 saturated heterocycles. The Labute approximate surface area is 113 Å². The van der Waals surface area contributed by atoms with Gasteiger partial charge in [-0.2, -0.15) is 0 Å². The van der Waals surface area contributed by atoms with Crippen molar-refractivity contribution in [3.8, 4) is 5.75 Å². The van der Waals surface area contributed by atoms with Crippen molar-refractivity contribution in [2.75, 3.05) is 0 Å². The molecule has 1 N–H and O–H groups in total. The third-order valence-electron chi connectivity index (χ3n) is 3.76. The molecule has 0 fully saturated rings. The lowest BCUT2D eigenvalue weighted by atomic mass is 9.93. The molecule has 0 radical (unpaired) electrons. The molecule has 0 bridgehead atoms. The summed E-state index contributed by atoms with van der Waals surface area (Å²) in [7, 11) is 0. The minimum atomic E-state index is -0.358. The second kappa shape index (κ2) is 3.57. The van der Waals surface area contributed by atoms with Gasteiger partial charge in [-0.25, -0.2) is 0 Å². The van der Waals surface area contributed by atoms with Crippen LogP contribution in [0.3, 0.4) is 0 Å². The van der Waals surface area contributed by atoms with E-state index in [4.69, 9.17) is 0 Å². The molecule has 4 nitrogen and oxygen atoms in total. The Hall–Kier alpha value is -2.88. The van der Waals surface area contributed by atoms with Gasteiger partial charge in [0, 0.05) is 11.5 Å². The van der Waals surface area contributed by atoms with Crippen molar-refractivity contribution in [3.05, 3.63) is 58.6 Å². The Balaban J connectivity index is 2.35. The number of phenolic OH excluding ortho intramolecular Hbond substituents is 1. The fourth-order valence-corrected chi connectivity index (χ4v) is 2.95. The van der Waals surface area contributed by atoms with Gasteiger partial charge in [0.05, 0.1) is 10.3 Å². The normalized spacial score (nSPS) is 11.6. The van der Waals surface area contributed by atoms with Crippen LogP contribution in [0.4, 0.5) is 5.69 Å². The van der Waals surface area contributed by atoms with E-state index >= 15 is 0 Å². The molecule has 0 atom stereocenters. The topological polar surface area (TPSA) is 63.4 Å². The van der Waals surface area contributed by atoms with E-state index in [1.54, 1.807) is 30.3 Å². The van der Waals surface area contributed by atoms with Crippen LogP contribution < -0.4 is 0 Å². The highest BCUT2D eigenvalue weighted by atomic mass is 16.6. The van der Waals surface area contributed by atoms with Crippen LogP contribution in [-0.4, -0.2) is 10.0 Å². The Morgan fingerprint density at radius 2 is 1.45 bits per heavy atom. The van der Waals surface area contributed by atoms with Crippen molar-refractivity contribution in [2.24, 2.45) is 0 Å². The van der Waals surface area contributed by atoms with Crippen LogP contribution in [0.25, 0.3) is 32.3 Å². The van der Waals surface area contributed by atoms with Crippen LogP contribution in [0.2, 0.25) is 0 Å². The number of nitro benzene ring substituents is 1. The fourth-order valence-electron chi connectivity index (χ4n) is 2.95. The summed E-state index contributed by atoms with van der Waals surface area (Å²) >= 11 is 0. The smallest absolute Gasteiger partial charge is 0.277 e. The molecule has 4 heteroatoms. The van der Waals surface area contributed by atoms with Gasteiger partial charge in [-0.1, -0.05) is 18.2 Å². The van der Waals surface area contributed by atoms with Gasteiger partial charge in [0.25, 0.3) is 5.69 Å². The summed E-state index contributed by atoms with van der Waals surface area (Å²) in [6.07, 6.45) is 0. The fraction of sp³-hybridized carbons (Fsp3) is 0. The van der Waals surface area contributed by atoms with E-state index in [1.807, 2.05) is 18.2 Å². The van der Waals surface area contributed by atoms with E-state index in [-0.39, 0.29) is 16.4 Å². The van der Waals surface area contributed by atoms with Gasteiger partial charge in [0.1, 0.15) is 5.75 Å². The van der Waals surface area contributed by atoms with Crippen molar-refractivity contribution >= 4 is 38.0 Å². The summed E-state index contributed by atoms with van der Waals surface area (Å²) in [5.74, 6) is 0.199. The Bertz CT molecular complexity index is 972. The lowest BCUT2D eigenvalue weighted by molar-refractivity contribution is -0.383. The SMILES string of the molecule is O=[N+]([O-])c1ccc2ccc3cc(O)cc4ccc1c2c34. The zero-order chi connectivity index (χ0) is 13.9. The van der Waals surface area contributed by atoms with Crippen LogP contribution >= 0.6 is 0 Å². The Morgan fingerprint density at radius 1 is 0.850 bits per heavy atom. The first-order chi connectivity index (χ1) is 9.65. The summed E-state index contributed by atoms with van der Waals surface area (Å²) in [6.45, 7) is 0. The maximum atomic E-state index is 11.2. The van der Waals surface area contributed by atoms with Gasteiger partial charge in [-0.15, -0.1) is 0 Å². The molecule has 20 heavy (non-hydrogen) atoms. The van der Waals surface area contributed by atoms with Gasteiger partial charge >= 0.3 is 0 Å². The summed E-state index contributed by atoms with van der Waals surface area (Å²) < 4.78 is 0. The van der Waals surface area contributed by atoms with Crippen molar-refractivity contribution in [1.29, 1.82) is 0 Å². The number of non-ortho nitro benzene ring substituents is 1. The van der Waals surface area contributed by atoms with Crippen molar-refractivity contribution < 1.29 is 10.0 Å². The third kappa shape index (κ3) is 1.30. The highest BCUT2D eigenvalue weighted by molar-refractivity contribution is 6.24. The average Bonchev–Trinajstić information content (AvgIpc) is 2.43. The largest absolute Gasteiger partial charge is 0.508 e. The lowest BCUT2D eigenvalue weighted by Gasteiger charge is -2.11. The van der Waals surface area contributed by atoms with Crippen molar-refractivity contribution in [1.82, 2.24) is 0 Å².